The van der Waals surface area contributed by atoms with Crippen LogP contribution in [0.2, 0.25) is 0 Å². The number of carbonyl (C=O) groups excluding carboxylic acids is 3. The first-order valence-electron chi connectivity index (χ1n) is 28.5. The molecule has 70 heavy (non-hydrogen) atoms. The van der Waals surface area contributed by atoms with E-state index >= 15 is 0 Å². The van der Waals surface area contributed by atoms with Crippen LogP contribution in [0.3, 0.4) is 0 Å². The molecule has 0 N–H and O–H groups in total. The maximum Gasteiger partial charge on any atom is 0.306 e. The number of unbranched alkanes of at least 4 members (excludes halogenated alkanes) is 19. The summed E-state index contributed by atoms with van der Waals surface area (Å²) < 4.78 is 16.8. The van der Waals surface area contributed by atoms with Crippen molar-refractivity contribution in [2.45, 2.75) is 252 Å². The molecule has 0 aliphatic rings. The Morgan fingerprint density at radius 2 is 0.557 bits per heavy atom. The first-order chi connectivity index (χ1) is 34.5. The van der Waals surface area contributed by atoms with Crippen LogP contribution in [-0.4, -0.2) is 37.2 Å². The highest BCUT2D eigenvalue weighted by Gasteiger charge is 2.19. The zero-order valence-electron chi connectivity index (χ0n) is 45.2. The van der Waals surface area contributed by atoms with E-state index in [4.69, 9.17) is 14.2 Å². The second-order valence-corrected chi connectivity index (χ2v) is 18.4. The monoisotopic (exact) mass is 969 g/mol. The van der Waals surface area contributed by atoms with Gasteiger partial charge in [0.15, 0.2) is 6.10 Å². The molecule has 0 radical (unpaired) electrons. The van der Waals surface area contributed by atoms with Gasteiger partial charge in [-0.2, -0.15) is 0 Å². The fourth-order valence-electron chi connectivity index (χ4n) is 7.46. The average molecular weight is 970 g/mol. The molecule has 0 aromatic heterocycles. The van der Waals surface area contributed by atoms with E-state index in [1.54, 1.807) is 0 Å². The van der Waals surface area contributed by atoms with Crippen molar-refractivity contribution in [2.75, 3.05) is 13.2 Å². The Kier molecular flexibility index (Phi) is 54.0. The SMILES string of the molecule is CC/C=C\C/C=C\C/C=C\C/C=C\C/C=C\CCCCCC(=O)OC(COC(=O)CCCCCCC/C=C\CCC)COC(=O)CCCCCCCCCCCC/C=C\C/C=C\C/C=C\C/C=C\CC. The van der Waals surface area contributed by atoms with Crippen LogP contribution in [0, 0.1) is 0 Å². The molecule has 6 nitrogen and oxygen atoms in total. The molecule has 1 unspecified atom stereocenters. The van der Waals surface area contributed by atoms with E-state index in [2.05, 4.69) is 142 Å². The van der Waals surface area contributed by atoms with Gasteiger partial charge < -0.3 is 14.2 Å². The molecule has 0 aliphatic carbocycles. The van der Waals surface area contributed by atoms with Gasteiger partial charge in [0.05, 0.1) is 0 Å². The van der Waals surface area contributed by atoms with Gasteiger partial charge in [0.25, 0.3) is 0 Å². The van der Waals surface area contributed by atoms with Crippen LogP contribution in [0.15, 0.2) is 122 Å². The predicted molar refractivity (Wildman–Crippen MR) is 302 cm³/mol. The molecule has 1 atom stereocenters. The van der Waals surface area contributed by atoms with Gasteiger partial charge in [0.2, 0.25) is 0 Å². The Labute approximate surface area is 431 Å². The van der Waals surface area contributed by atoms with Gasteiger partial charge in [-0.15, -0.1) is 0 Å². The Bertz CT molecular complexity index is 1490. The summed E-state index contributed by atoms with van der Waals surface area (Å²) in [5.74, 6) is -0.950. The standard InChI is InChI=1S/C64H104O6/c1-4-7-10-13-16-19-22-24-26-28-30-31-32-33-35-36-38-40-42-45-48-51-54-57-63(66)69-60-61(59-68-62(65)56-53-50-47-44-21-18-15-12-9-6-3)70-64(67)58-55-52-49-46-43-41-39-37-34-29-27-25-23-20-17-14-11-8-5-2/h7-8,10-12,15-17,19-20,24-27,30-31,34,37,41,43,61H,4-6,9,13-14,18,21-23,28-29,32-33,35-36,38-40,42,44-60H2,1-3H3/b10-7-,11-8-,15-12-,19-16-,20-17-,26-24-,27-25-,31-30-,37-34-,43-41-. The topological polar surface area (TPSA) is 78.9 Å². The van der Waals surface area contributed by atoms with E-state index in [1.165, 1.54) is 64.2 Å². The number of hydrogen-bond donors (Lipinski definition) is 0. The molecule has 0 fully saturated rings. The van der Waals surface area contributed by atoms with E-state index in [0.717, 1.165) is 141 Å². The Morgan fingerprint density at radius 1 is 0.300 bits per heavy atom. The summed E-state index contributed by atoms with van der Waals surface area (Å²) >= 11 is 0. The Balaban J connectivity index is 4.37. The number of ether oxygens (including phenoxy) is 3. The van der Waals surface area contributed by atoms with E-state index in [0.29, 0.717) is 12.8 Å². The van der Waals surface area contributed by atoms with Crippen molar-refractivity contribution in [3.63, 3.8) is 0 Å². The smallest absolute Gasteiger partial charge is 0.306 e. The zero-order valence-corrected chi connectivity index (χ0v) is 45.2. The predicted octanol–water partition coefficient (Wildman–Crippen LogP) is 19.3. The molecule has 0 bridgehead atoms. The van der Waals surface area contributed by atoms with E-state index in [-0.39, 0.29) is 37.5 Å². The van der Waals surface area contributed by atoms with Gasteiger partial charge in [-0.05, 0) is 122 Å². The van der Waals surface area contributed by atoms with Crippen molar-refractivity contribution in [3.05, 3.63) is 122 Å². The lowest BCUT2D eigenvalue weighted by Gasteiger charge is -2.18. The number of allylic oxidation sites excluding steroid dienone is 20. The second-order valence-electron chi connectivity index (χ2n) is 18.4. The molecule has 0 saturated heterocycles. The summed E-state index contributed by atoms with van der Waals surface area (Å²) in [5, 5.41) is 0. The average Bonchev–Trinajstić information content (AvgIpc) is 3.36. The summed E-state index contributed by atoms with van der Waals surface area (Å²) in [4.78, 5) is 38.1. The second kappa shape index (κ2) is 57.4. The van der Waals surface area contributed by atoms with Gasteiger partial charge in [0, 0.05) is 19.3 Å². The molecule has 0 amide bonds. The van der Waals surface area contributed by atoms with E-state index in [1.807, 2.05) is 0 Å². The minimum atomic E-state index is -0.803. The van der Waals surface area contributed by atoms with Crippen LogP contribution >= 0.6 is 0 Å². The summed E-state index contributed by atoms with van der Waals surface area (Å²) in [6, 6.07) is 0. The highest BCUT2D eigenvalue weighted by molar-refractivity contribution is 5.71. The molecule has 0 rings (SSSR count). The summed E-state index contributed by atoms with van der Waals surface area (Å²) in [6.45, 7) is 6.31. The highest BCUT2D eigenvalue weighted by Crippen LogP contribution is 2.14. The first kappa shape index (κ1) is 65.8. The third-order valence-electron chi connectivity index (χ3n) is 11.7. The lowest BCUT2D eigenvalue weighted by Crippen LogP contribution is -2.30. The molecular formula is C64H104O6. The zero-order chi connectivity index (χ0) is 50.7. The molecule has 0 heterocycles. The summed E-state index contributed by atoms with van der Waals surface area (Å²) in [7, 11) is 0. The van der Waals surface area contributed by atoms with Crippen molar-refractivity contribution in [3.8, 4) is 0 Å². The molecule has 396 valence electrons. The number of rotatable bonds is 50. The third-order valence-corrected chi connectivity index (χ3v) is 11.7. The molecule has 0 aliphatic heterocycles. The van der Waals surface area contributed by atoms with E-state index in [9.17, 15) is 14.4 Å². The minimum Gasteiger partial charge on any atom is -0.462 e. The van der Waals surface area contributed by atoms with Crippen molar-refractivity contribution in [2.24, 2.45) is 0 Å². The highest BCUT2D eigenvalue weighted by atomic mass is 16.6. The molecule has 0 saturated carbocycles. The largest absolute Gasteiger partial charge is 0.462 e. The van der Waals surface area contributed by atoms with Gasteiger partial charge in [0.1, 0.15) is 13.2 Å². The van der Waals surface area contributed by atoms with Gasteiger partial charge in [-0.3, -0.25) is 14.4 Å². The summed E-state index contributed by atoms with van der Waals surface area (Å²) in [6.07, 6.45) is 79.1. The maximum atomic E-state index is 12.8. The Morgan fingerprint density at radius 3 is 0.900 bits per heavy atom. The number of carbonyl (C=O) groups is 3. The molecule has 0 spiro atoms. The van der Waals surface area contributed by atoms with Crippen molar-refractivity contribution in [1.82, 2.24) is 0 Å². The van der Waals surface area contributed by atoms with Crippen LogP contribution in [0.4, 0.5) is 0 Å². The van der Waals surface area contributed by atoms with E-state index < -0.39 is 6.10 Å². The van der Waals surface area contributed by atoms with Crippen LogP contribution in [0.5, 0.6) is 0 Å². The van der Waals surface area contributed by atoms with Gasteiger partial charge in [-0.25, -0.2) is 0 Å². The number of hydrogen-bond acceptors (Lipinski definition) is 6. The third kappa shape index (κ3) is 54.7. The quantitative estimate of drug-likeness (QED) is 0.0262. The Hall–Kier alpha value is -4.19. The van der Waals surface area contributed by atoms with Crippen molar-refractivity contribution in [1.29, 1.82) is 0 Å². The lowest BCUT2D eigenvalue weighted by atomic mass is 10.1. The van der Waals surface area contributed by atoms with Gasteiger partial charge >= 0.3 is 17.9 Å². The van der Waals surface area contributed by atoms with Crippen molar-refractivity contribution >= 4 is 17.9 Å². The van der Waals surface area contributed by atoms with Crippen LogP contribution in [0.1, 0.15) is 245 Å². The van der Waals surface area contributed by atoms with Crippen LogP contribution in [-0.2, 0) is 28.6 Å². The van der Waals surface area contributed by atoms with Crippen LogP contribution < -0.4 is 0 Å². The molecule has 6 heteroatoms. The summed E-state index contributed by atoms with van der Waals surface area (Å²) in [5.41, 5.74) is 0. The maximum absolute atomic E-state index is 12.8. The normalized spacial score (nSPS) is 13.0. The van der Waals surface area contributed by atoms with Crippen molar-refractivity contribution < 1.29 is 28.6 Å². The fraction of sp³-hybridized carbons (Fsp3) is 0.641. The van der Waals surface area contributed by atoms with Gasteiger partial charge in [-0.1, -0.05) is 226 Å². The van der Waals surface area contributed by atoms with Crippen LogP contribution in [0.25, 0.3) is 0 Å². The lowest BCUT2D eigenvalue weighted by molar-refractivity contribution is -0.167. The fourth-order valence-corrected chi connectivity index (χ4v) is 7.46. The first-order valence-corrected chi connectivity index (χ1v) is 28.5. The molecule has 0 aromatic carbocycles. The molecule has 0 aromatic rings. The minimum absolute atomic E-state index is 0.0991. The number of esters is 3. The molecular weight excluding hydrogens is 865 g/mol.